The van der Waals surface area contributed by atoms with Crippen LogP contribution in [0.2, 0.25) is 0 Å². The highest BCUT2D eigenvalue weighted by molar-refractivity contribution is 6.12. The molecule has 186 valence electrons. The Balaban J connectivity index is 1.28. The molecule has 2 aromatic carbocycles. The molecule has 37 heavy (non-hydrogen) atoms. The third-order valence-electron chi connectivity index (χ3n) is 6.78. The number of ketones is 1. The molecule has 1 aliphatic rings. The van der Waals surface area contributed by atoms with E-state index in [1.54, 1.807) is 18.2 Å². The zero-order chi connectivity index (χ0) is 25.7. The summed E-state index contributed by atoms with van der Waals surface area (Å²) in [5.41, 5.74) is 12.0. The maximum atomic E-state index is 13.9. The normalized spacial score (nSPS) is 13.6. The molecular weight excluding hydrogens is 471 g/mol. The van der Waals surface area contributed by atoms with E-state index >= 15 is 0 Å². The Morgan fingerprint density at radius 1 is 1.14 bits per heavy atom. The SMILES string of the molecule is Cc1cc(Oc2ccccc2F)ncc1-n1ncc(C(=O)c2cc3cc4c(cc3[nH]2)CN(C)CC4)c1N. The van der Waals surface area contributed by atoms with Crippen LogP contribution in [0.25, 0.3) is 16.6 Å². The molecule has 0 unspecified atom stereocenters. The Bertz CT molecular complexity index is 1670. The van der Waals surface area contributed by atoms with E-state index in [-0.39, 0.29) is 23.2 Å². The number of fused-ring (bicyclic) bond motifs is 2. The Labute approximate surface area is 212 Å². The molecule has 3 N–H and O–H groups in total. The van der Waals surface area contributed by atoms with Crippen molar-refractivity contribution in [3.63, 3.8) is 0 Å². The lowest BCUT2D eigenvalue weighted by Crippen LogP contribution is -2.26. The number of aromatic amines is 1. The molecule has 6 rings (SSSR count). The molecule has 0 saturated heterocycles. The third-order valence-corrected chi connectivity index (χ3v) is 6.78. The summed E-state index contributed by atoms with van der Waals surface area (Å²) in [6.45, 7) is 3.75. The number of aromatic nitrogens is 4. The number of ether oxygens (including phenoxy) is 1. The van der Waals surface area contributed by atoms with Crippen molar-refractivity contribution in [2.45, 2.75) is 19.9 Å². The number of pyridine rings is 1. The van der Waals surface area contributed by atoms with Gasteiger partial charge in [0.15, 0.2) is 11.6 Å². The number of nitrogens with one attached hydrogen (secondary N) is 1. The monoisotopic (exact) mass is 496 g/mol. The quantitative estimate of drug-likeness (QED) is 0.339. The molecule has 8 nitrogen and oxygen atoms in total. The largest absolute Gasteiger partial charge is 0.436 e. The van der Waals surface area contributed by atoms with Crippen LogP contribution < -0.4 is 10.5 Å². The zero-order valence-corrected chi connectivity index (χ0v) is 20.5. The van der Waals surface area contributed by atoms with Gasteiger partial charge in [-0.3, -0.25) is 4.79 Å². The number of aryl methyl sites for hydroxylation is 1. The van der Waals surface area contributed by atoms with Gasteiger partial charge in [0.05, 0.1) is 29.3 Å². The first-order chi connectivity index (χ1) is 17.9. The van der Waals surface area contributed by atoms with Crippen LogP contribution in [0, 0.1) is 12.7 Å². The number of nitrogen functional groups attached to an aromatic ring is 1. The number of rotatable bonds is 5. The van der Waals surface area contributed by atoms with Gasteiger partial charge in [0.2, 0.25) is 11.7 Å². The molecule has 0 saturated carbocycles. The molecule has 3 aromatic heterocycles. The predicted octanol–water partition coefficient (Wildman–Crippen LogP) is 4.79. The van der Waals surface area contributed by atoms with Gasteiger partial charge in [-0.25, -0.2) is 14.1 Å². The molecule has 5 aromatic rings. The van der Waals surface area contributed by atoms with Crippen molar-refractivity contribution in [3.8, 4) is 17.3 Å². The van der Waals surface area contributed by atoms with Crippen LogP contribution in [-0.4, -0.2) is 44.0 Å². The maximum absolute atomic E-state index is 13.9. The second-order valence-electron chi connectivity index (χ2n) is 9.40. The number of nitrogens with two attached hydrogens (primary N) is 1. The van der Waals surface area contributed by atoms with Gasteiger partial charge in [0.25, 0.3) is 0 Å². The summed E-state index contributed by atoms with van der Waals surface area (Å²) in [5, 5.41) is 5.36. The average Bonchev–Trinajstić information content (AvgIpc) is 3.47. The molecule has 0 spiro atoms. The number of anilines is 1. The molecule has 0 fully saturated rings. The Morgan fingerprint density at radius 2 is 1.97 bits per heavy atom. The van der Waals surface area contributed by atoms with Gasteiger partial charge in [-0.05, 0) is 67.4 Å². The van der Waals surface area contributed by atoms with Gasteiger partial charge in [0, 0.05) is 30.1 Å². The van der Waals surface area contributed by atoms with Crippen LogP contribution in [0.3, 0.4) is 0 Å². The lowest BCUT2D eigenvalue weighted by molar-refractivity contribution is 0.103. The summed E-state index contributed by atoms with van der Waals surface area (Å²) in [6, 6.07) is 14.0. The molecule has 0 bridgehead atoms. The lowest BCUT2D eigenvalue weighted by Gasteiger charge is -2.24. The summed E-state index contributed by atoms with van der Waals surface area (Å²) in [6.07, 6.45) is 3.99. The summed E-state index contributed by atoms with van der Waals surface area (Å²) < 4.78 is 21.0. The van der Waals surface area contributed by atoms with Gasteiger partial charge in [-0.15, -0.1) is 0 Å². The molecule has 9 heteroatoms. The van der Waals surface area contributed by atoms with Crippen molar-refractivity contribution in [1.29, 1.82) is 0 Å². The van der Waals surface area contributed by atoms with E-state index in [2.05, 4.69) is 39.1 Å². The first-order valence-corrected chi connectivity index (χ1v) is 12.0. The van der Waals surface area contributed by atoms with Crippen molar-refractivity contribution in [2.24, 2.45) is 0 Å². The Kier molecular flexibility index (Phi) is 5.49. The van der Waals surface area contributed by atoms with Crippen molar-refractivity contribution in [2.75, 3.05) is 19.3 Å². The van der Waals surface area contributed by atoms with Gasteiger partial charge in [0.1, 0.15) is 5.82 Å². The van der Waals surface area contributed by atoms with Gasteiger partial charge in [-0.2, -0.15) is 5.10 Å². The summed E-state index contributed by atoms with van der Waals surface area (Å²) in [4.78, 5) is 23.2. The summed E-state index contributed by atoms with van der Waals surface area (Å²) in [5.74, 6) is -0.187. The van der Waals surface area contributed by atoms with Gasteiger partial charge < -0.3 is 20.4 Å². The molecule has 1 aliphatic heterocycles. The van der Waals surface area contributed by atoms with Crippen LogP contribution in [0.1, 0.15) is 32.7 Å². The second kappa shape index (κ2) is 8.86. The Morgan fingerprint density at radius 3 is 2.78 bits per heavy atom. The number of nitrogens with zero attached hydrogens (tertiary/aromatic N) is 4. The molecule has 0 radical (unpaired) electrons. The van der Waals surface area contributed by atoms with Crippen molar-refractivity contribution < 1.29 is 13.9 Å². The lowest BCUT2D eigenvalue weighted by atomic mass is 9.98. The van der Waals surface area contributed by atoms with Gasteiger partial charge >= 0.3 is 0 Å². The van der Waals surface area contributed by atoms with E-state index in [4.69, 9.17) is 10.5 Å². The minimum Gasteiger partial charge on any atom is -0.436 e. The fourth-order valence-corrected chi connectivity index (χ4v) is 4.77. The van der Waals surface area contributed by atoms with E-state index in [1.807, 2.05) is 13.0 Å². The number of likely N-dealkylation sites (N-methyl/N-ethyl adjacent to an activating group) is 1. The van der Waals surface area contributed by atoms with E-state index in [9.17, 15) is 9.18 Å². The number of benzene rings is 2. The van der Waals surface area contributed by atoms with Crippen molar-refractivity contribution in [1.82, 2.24) is 24.6 Å². The standard InChI is InChI=1S/C28H25FN6O2/c1-16-9-26(37-25-6-4-3-5-21(25)29)31-14-24(16)35-28(30)20(13-32-35)27(36)23-11-18-10-17-7-8-34(2)15-19(17)12-22(18)33-23/h3-6,9-14,33H,7-8,15,30H2,1-2H3. The average molecular weight is 497 g/mol. The number of para-hydroxylation sites is 1. The van der Waals surface area contributed by atoms with Crippen molar-refractivity contribution in [3.05, 3.63) is 94.7 Å². The summed E-state index contributed by atoms with van der Waals surface area (Å²) in [7, 11) is 2.11. The summed E-state index contributed by atoms with van der Waals surface area (Å²) >= 11 is 0. The van der Waals surface area contributed by atoms with Crippen LogP contribution in [0.5, 0.6) is 11.6 Å². The predicted molar refractivity (Wildman–Crippen MR) is 139 cm³/mol. The van der Waals surface area contributed by atoms with Crippen LogP contribution in [0.4, 0.5) is 10.2 Å². The second-order valence-corrected chi connectivity index (χ2v) is 9.40. The number of H-pyrrole nitrogens is 1. The zero-order valence-electron chi connectivity index (χ0n) is 20.5. The number of hydrogen-bond acceptors (Lipinski definition) is 6. The molecule has 0 aliphatic carbocycles. The molecular formula is C28H25FN6O2. The molecule has 0 atom stereocenters. The third kappa shape index (κ3) is 4.13. The number of halogens is 1. The first-order valence-electron chi connectivity index (χ1n) is 12.0. The molecule has 4 heterocycles. The van der Waals surface area contributed by atoms with E-state index in [0.29, 0.717) is 16.9 Å². The van der Waals surface area contributed by atoms with E-state index in [0.717, 1.165) is 36.0 Å². The minimum atomic E-state index is -0.477. The Hall–Kier alpha value is -4.50. The fourth-order valence-electron chi connectivity index (χ4n) is 4.77. The highest BCUT2D eigenvalue weighted by Crippen LogP contribution is 2.29. The topological polar surface area (TPSA) is 102 Å². The molecule has 0 amide bonds. The van der Waals surface area contributed by atoms with Crippen LogP contribution in [-0.2, 0) is 13.0 Å². The van der Waals surface area contributed by atoms with Gasteiger partial charge in [-0.1, -0.05) is 12.1 Å². The fraction of sp³-hybridized carbons (Fsp3) is 0.179. The smallest absolute Gasteiger partial charge is 0.219 e. The minimum absolute atomic E-state index is 0.0832. The van der Waals surface area contributed by atoms with Crippen molar-refractivity contribution >= 4 is 22.5 Å². The van der Waals surface area contributed by atoms with E-state index in [1.165, 1.54) is 40.3 Å². The highest BCUT2D eigenvalue weighted by Gasteiger charge is 2.22. The highest BCUT2D eigenvalue weighted by atomic mass is 19.1. The number of carbonyl (C=O) groups is 1. The van der Waals surface area contributed by atoms with Crippen LogP contribution >= 0.6 is 0 Å². The first kappa shape index (κ1) is 22.9. The maximum Gasteiger partial charge on any atom is 0.219 e. The van der Waals surface area contributed by atoms with Crippen LogP contribution in [0.15, 0.2) is 60.9 Å². The van der Waals surface area contributed by atoms with E-state index < -0.39 is 5.82 Å². The number of hydrogen-bond donors (Lipinski definition) is 2. The number of carbonyl (C=O) groups excluding carboxylic acids is 1.